The number of amidine groups is 1. The number of carbonyl (C=O) groups excluding carboxylic acids is 1. The molecule has 1 aliphatic rings. The normalized spacial score (nSPS) is 17.5. The van der Waals surface area contributed by atoms with Gasteiger partial charge in [-0.05, 0) is 44.2 Å². The number of para-hydroxylation sites is 1. The maximum absolute atomic E-state index is 12.9. The maximum atomic E-state index is 12.9. The van der Waals surface area contributed by atoms with E-state index in [9.17, 15) is 13.2 Å². The van der Waals surface area contributed by atoms with Crippen molar-refractivity contribution in [3.05, 3.63) is 72.1 Å². The van der Waals surface area contributed by atoms with Gasteiger partial charge in [-0.3, -0.25) is 10.5 Å². The molecule has 3 aromatic rings. The van der Waals surface area contributed by atoms with Crippen molar-refractivity contribution in [1.82, 2.24) is 4.98 Å². The highest BCUT2D eigenvalue weighted by molar-refractivity contribution is 7.92. The maximum Gasteiger partial charge on any atom is 0.238 e. The number of aliphatic imine (C=N–C) groups is 1. The molecule has 1 amide bonds. The van der Waals surface area contributed by atoms with Crippen molar-refractivity contribution in [2.24, 2.45) is 16.5 Å². The highest BCUT2D eigenvalue weighted by Gasteiger charge is 2.34. The Hall–Kier alpha value is -3.67. The SMILES string of the molecule is CC(C)S(=O)(=O)c1ccccc1NC1=NC(N)(c2cccc(NC(=O)CN)c2)Nc2cc[nH]c21. The third kappa shape index (κ3) is 4.40. The second-order valence-corrected chi connectivity index (χ2v) is 10.6. The first-order chi connectivity index (χ1) is 16.1. The number of aromatic nitrogens is 1. The van der Waals surface area contributed by atoms with Gasteiger partial charge in [-0.1, -0.05) is 24.3 Å². The summed E-state index contributed by atoms with van der Waals surface area (Å²) in [5.41, 5.74) is 14.9. The third-order valence-electron chi connectivity index (χ3n) is 5.44. The standard InChI is InChI=1S/C23H27N7O3S/c1-14(2)34(32,33)19-9-4-3-8-17(19)28-22-21-18(10-11-26-21)29-23(25,30-22)15-6-5-7-16(12-15)27-20(31)13-24/h3-12,14,26,29H,13,24-25H2,1-2H3,(H,27,31)(H,28,30). The molecule has 0 bridgehead atoms. The molecule has 4 rings (SSSR count). The molecule has 2 heterocycles. The van der Waals surface area contributed by atoms with Gasteiger partial charge in [-0.15, -0.1) is 0 Å². The van der Waals surface area contributed by atoms with Crippen LogP contribution in [0.4, 0.5) is 17.1 Å². The van der Waals surface area contributed by atoms with Crippen LogP contribution in [0.5, 0.6) is 0 Å². The number of rotatable bonds is 6. The Labute approximate surface area is 197 Å². The molecule has 0 spiro atoms. The van der Waals surface area contributed by atoms with Gasteiger partial charge in [0, 0.05) is 17.4 Å². The van der Waals surface area contributed by atoms with Gasteiger partial charge in [0.2, 0.25) is 11.7 Å². The highest BCUT2D eigenvalue weighted by Crippen LogP contribution is 2.33. The number of hydrogen-bond acceptors (Lipinski definition) is 8. The van der Waals surface area contributed by atoms with Gasteiger partial charge in [-0.25, -0.2) is 13.4 Å². The van der Waals surface area contributed by atoms with Crippen LogP contribution < -0.4 is 27.4 Å². The molecular weight excluding hydrogens is 454 g/mol. The molecular formula is C23H27N7O3S. The lowest BCUT2D eigenvalue weighted by molar-refractivity contribution is -0.114. The smallest absolute Gasteiger partial charge is 0.238 e. The van der Waals surface area contributed by atoms with Crippen LogP contribution in [-0.2, 0) is 20.4 Å². The van der Waals surface area contributed by atoms with Gasteiger partial charge in [-0.2, -0.15) is 0 Å². The van der Waals surface area contributed by atoms with E-state index in [0.29, 0.717) is 34.2 Å². The molecule has 2 aromatic carbocycles. The van der Waals surface area contributed by atoms with Gasteiger partial charge in [0.25, 0.3) is 0 Å². The number of fused-ring (bicyclic) bond motifs is 1. The number of sulfone groups is 1. The van der Waals surface area contributed by atoms with E-state index in [4.69, 9.17) is 16.5 Å². The molecule has 11 heteroatoms. The number of H-pyrrole nitrogens is 1. The summed E-state index contributed by atoms with van der Waals surface area (Å²) in [5.74, 6) is -1.36. The predicted molar refractivity (Wildman–Crippen MR) is 133 cm³/mol. The van der Waals surface area contributed by atoms with E-state index in [0.717, 1.165) is 0 Å². The Bertz CT molecular complexity index is 1360. The fourth-order valence-electron chi connectivity index (χ4n) is 3.61. The molecule has 1 atom stereocenters. The van der Waals surface area contributed by atoms with Gasteiger partial charge >= 0.3 is 0 Å². The van der Waals surface area contributed by atoms with Crippen LogP contribution in [0, 0.1) is 0 Å². The van der Waals surface area contributed by atoms with Crippen molar-refractivity contribution in [3.8, 4) is 0 Å². The molecule has 178 valence electrons. The summed E-state index contributed by atoms with van der Waals surface area (Å²) in [4.78, 5) is 19.7. The molecule has 1 unspecified atom stereocenters. The van der Waals surface area contributed by atoms with Crippen molar-refractivity contribution in [2.75, 3.05) is 22.5 Å². The molecule has 0 aliphatic carbocycles. The average molecular weight is 482 g/mol. The largest absolute Gasteiger partial charge is 0.357 e. The van der Waals surface area contributed by atoms with Crippen LogP contribution in [0.1, 0.15) is 25.1 Å². The van der Waals surface area contributed by atoms with Crippen molar-refractivity contribution in [2.45, 2.75) is 29.8 Å². The molecule has 0 saturated heterocycles. The average Bonchev–Trinajstić information content (AvgIpc) is 3.28. The van der Waals surface area contributed by atoms with Gasteiger partial charge in [0.1, 0.15) is 5.69 Å². The van der Waals surface area contributed by atoms with E-state index >= 15 is 0 Å². The van der Waals surface area contributed by atoms with Crippen LogP contribution in [0.25, 0.3) is 0 Å². The van der Waals surface area contributed by atoms with Crippen LogP contribution in [0.2, 0.25) is 0 Å². The summed E-state index contributed by atoms with van der Waals surface area (Å²) in [6.45, 7) is 3.13. The third-order valence-corrected chi connectivity index (χ3v) is 7.65. The summed E-state index contributed by atoms with van der Waals surface area (Å²) in [5, 5.41) is 8.49. The first-order valence-electron chi connectivity index (χ1n) is 10.7. The summed E-state index contributed by atoms with van der Waals surface area (Å²) in [6, 6.07) is 15.4. The number of anilines is 3. The lowest BCUT2D eigenvalue weighted by Crippen LogP contribution is -2.47. The van der Waals surface area contributed by atoms with Gasteiger partial charge < -0.3 is 26.7 Å². The molecule has 8 N–H and O–H groups in total. The summed E-state index contributed by atoms with van der Waals surface area (Å²) < 4.78 is 25.8. The molecule has 0 fully saturated rings. The summed E-state index contributed by atoms with van der Waals surface area (Å²) in [7, 11) is -3.55. The van der Waals surface area contributed by atoms with Crippen molar-refractivity contribution in [1.29, 1.82) is 0 Å². The van der Waals surface area contributed by atoms with Crippen molar-refractivity contribution < 1.29 is 13.2 Å². The van der Waals surface area contributed by atoms with Crippen LogP contribution in [0.15, 0.2) is 70.7 Å². The zero-order valence-corrected chi connectivity index (χ0v) is 19.6. The topological polar surface area (TPSA) is 167 Å². The second-order valence-electron chi connectivity index (χ2n) is 8.17. The quantitative estimate of drug-likeness (QED) is 0.313. The van der Waals surface area contributed by atoms with Gasteiger partial charge in [0.15, 0.2) is 15.7 Å². The minimum atomic E-state index is -3.55. The second kappa shape index (κ2) is 8.93. The van der Waals surface area contributed by atoms with E-state index in [-0.39, 0.29) is 17.3 Å². The van der Waals surface area contributed by atoms with E-state index in [2.05, 4.69) is 20.9 Å². The Kier molecular flexibility index (Phi) is 6.17. The zero-order chi connectivity index (χ0) is 24.5. The molecule has 0 saturated carbocycles. The number of carbonyl (C=O) groups is 1. The zero-order valence-electron chi connectivity index (χ0n) is 18.8. The number of amides is 1. The number of nitrogens with zero attached hydrogens (tertiary/aromatic N) is 1. The molecule has 0 radical (unpaired) electrons. The molecule has 1 aromatic heterocycles. The summed E-state index contributed by atoms with van der Waals surface area (Å²) in [6.07, 6.45) is 1.73. The Morgan fingerprint density at radius 3 is 2.65 bits per heavy atom. The number of nitrogens with one attached hydrogen (secondary N) is 4. The lowest BCUT2D eigenvalue weighted by atomic mass is 10.1. The molecule has 34 heavy (non-hydrogen) atoms. The Balaban J connectivity index is 1.77. The summed E-state index contributed by atoms with van der Waals surface area (Å²) >= 11 is 0. The van der Waals surface area contributed by atoms with Gasteiger partial charge in [0.05, 0.1) is 28.1 Å². The first-order valence-corrected chi connectivity index (χ1v) is 12.2. The lowest BCUT2D eigenvalue weighted by Gasteiger charge is -2.33. The van der Waals surface area contributed by atoms with E-state index in [1.54, 1.807) is 68.6 Å². The van der Waals surface area contributed by atoms with Crippen LogP contribution in [0.3, 0.4) is 0 Å². The Morgan fingerprint density at radius 1 is 1.15 bits per heavy atom. The highest BCUT2D eigenvalue weighted by atomic mass is 32.2. The van der Waals surface area contributed by atoms with Crippen molar-refractivity contribution >= 4 is 38.6 Å². The van der Waals surface area contributed by atoms with Crippen LogP contribution in [-0.4, -0.2) is 36.9 Å². The Morgan fingerprint density at radius 2 is 1.91 bits per heavy atom. The first kappa shape index (κ1) is 23.5. The minimum Gasteiger partial charge on any atom is -0.357 e. The number of benzene rings is 2. The predicted octanol–water partition coefficient (Wildman–Crippen LogP) is 2.15. The molecule has 10 nitrogen and oxygen atoms in total. The number of aromatic amines is 1. The van der Waals surface area contributed by atoms with E-state index < -0.39 is 20.9 Å². The van der Waals surface area contributed by atoms with E-state index in [1.807, 2.05) is 6.07 Å². The van der Waals surface area contributed by atoms with Crippen molar-refractivity contribution in [3.63, 3.8) is 0 Å². The number of nitrogens with two attached hydrogens (primary N) is 2. The monoisotopic (exact) mass is 481 g/mol. The van der Waals surface area contributed by atoms with E-state index in [1.165, 1.54) is 0 Å². The fourth-order valence-corrected chi connectivity index (χ4v) is 4.81. The molecule has 1 aliphatic heterocycles. The minimum absolute atomic E-state index is 0.145. The number of hydrogen-bond donors (Lipinski definition) is 6. The fraction of sp³-hybridized carbons (Fsp3) is 0.217. The van der Waals surface area contributed by atoms with Crippen LogP contribution >= 0.6 is 0 Å².